The maximum atomic E-state index is 14.2. The summed E-state index contributed by atoms with van der Waals surface area (Å²) in [4.78, 5) is 17.0. The zero-order valence-electron chi connectivity index (χ0n) is 20.8. The molecule has 5 nitrogen and oxygen atoms in total. The first-order valence-corrected chi connectivity index (χ1v) is 12.1. The van der Waals surface area contributed by atoms with E-state index in [1.165, 1.54) is 6.07 Å². The van der Waals surface area contributed by atoms with Crippen molar-refractivity contribution in [1.82, 2.24) is 4.90 Å². The number of methoxy groups -OCH3 is 1. The van der Waals surface area contributed by atoms with Crippen LogP contribution in [0.3, 0.4) is 0 Å². The molecule has 0 saturated carbocycles. The average Bonchev–Trinajstić information content (AvgIpc) is 3.34. The first-order chi connectivity index (χ1) is 17.5. The zero-order chi connectivity index (χ0) is 25.2. The molecule has 1 aliphatic rings. The molecule has 36 heavy (non-hydrogen) atoms. The van der Waals surface area contributed by atoms with Crippen LogP contribution < -0.4 is 9.64 Å². The van der Waals surface area contributed by atoms with Crippen LogP contribution in [0.25, 0.3) is 27.7 Å². The first-order valence-electron chi connectivity index (χ1n) is 12.1. The van der Waals surface area contributed by atoms with Gasteiger partial charge < -0.3 is 19.0 Å². The Labute approximate surface area is 210 Å². The minimum Gasteiger partial charge on any atom is -0.496 e. The molecule has 184 valence electrons. The van der Waals surface area contributed by atoms with Crippen LogP contribution in [0.4, 0.5) is 10.1 Å². The van der Waals surface area contributed by atoms with Gasteiger partial charge in [-0.05, 0) is 43.2 Å². The van der Waals surface area contributed by atoms with Crippen molar-refractivity contribution in [2.24, 2.45) is 0 Å². The Kier molecular flexibility index (Phi) is 6.51. The number of hydrogen-bond acceptors (Lipinski definition) is 4. The Morgan fingerprint density at radius 1 is 1.03 bits per heavy atom. The van der Waals surface area contributed by atoms with Crippen molar-refractivity contribution < 1.29 is 18.3 Å². The van der Waals surface area contributed by atoms with Gasteiger partial charge >= 0.3 is 0 Å². The van der Waals surface area contributed by atoms with Crippen LogP contribution in [0.2, 0.25) is 0 Å². The summed E-state index contributed by atoms with van der Waals surface area (Å²) < 4.78 is 25.9. The van der Waals surface area contributed by atoms with E-state index < -0.39 is 0 Å². The van der Waals surface area contributed by atoms with Gasteiger partial charge in [0, 0.05) is 54.3 Å². The normalized spacial score (nSPS) is 14.4. The number of aryl methyl sites for hydroxylation is 1. The van der Waals surface area contributed by atoms with Crippen LogP contribution in [-0.2, 0) is 4.79 Å². The van der Waals surface area contributed by atoms with Crippen LogP contribution in [-0.4, -0.2) is 44.1 Å². The molecule has 0 spiro atoms. The quantitative estimate of drug-likeness (QED) is 0.312. The second-order valence-corrected chi connectivity index (χ2v) is 9.07. The average molecular weight is 485 g/mol. The molecule has 0 unspecified atom stereocenters. The number of rotatable bonds is 5. The highest BCUT2D eigenvalue weighted by Gasteiger charge is 2.23. The summed E-state index contributed by atoms with van der Waals surface area (Å²) in [5.74, 6) is 0.401. The predicted octanol–water partition coefficient (Wildman–Crippen LogP) is 6.31. The lowest BCUT2D eigenvalue weighted by atomic mass is 9.96. The maximum Gasteiger partial charge on any atom is 0.246 e. The van der Waals surface area contributed by atoms with E-state index in [-0.39, 0.29) is 11.7 Å². The summed E-state index contributed by atoms with van der Waals surface area (Å²) in [6, 6.07) is 18.9. The number of amides is 1. The van der Waals surface area contributed by atoms with Gasteiger partial charge in [0.2, 0.25) is 5.91 Å². The van der Waals surface area contributed by atoms with Crippen LogP contribution in [0.1, 0.15) is 18.1 Å². The molecule has 0 aliphatic carbocycles. The van der Waals surface area contributed by atoms with Crippen molar-refractivity contribution >= 4 is 28.1 Å². The molecule has 4 aromatic rings. The number of hydrogen-bond donors (Lipinski definition) is 0. The van der Waals surface area contributed by atoms with Gasteiger partial charge in [-0.1, -0.05) is 42.5 Å². The molecule has 1 saturated heterocycles. The summed E-state index contributed by atoms with van der Waals surface area (Å²) in [6.45, 7) is 6.14. The number of ether oxygens (including phenoxy) is 1. The molecular formula is C30H29FN2O3. The van der Waals surface area contributed by atoms with Crippen molar-refractivity contribution in [3.8, 4) is 16.9 Å². The Morgan fingerprint density at radius 3 is 2.42 bits per heavy atom. The topological polar surface area (TPSA) is 45.9 Å². The van der Waals surface area contributed by atoms with Crippen LogP contribution >= 0.6 is 0 Å². The Balaban J connectivity index is 1.41. The lowest BCUT2D eigenvalue weighted by Crippen LogP contribution is -2.48. The second kappa shape index (κ2) is 9.90. The number of piperazine rings is 1. The van der Waals surface area contributed by atoms with Gasteiger partial charge in [-0.25, -0.2) is 4.39 Å². The van der Waals surface area contributed by atoms with Crippen molar-refractivity contribution in [3.63, 3.8) is 0 Å². The number of halogens is 1. The fourth-order valence-corrected chi connectivity index (χ4v) is 4.94. The number of carbonyl (C=O) groups is 1. The number of anilines is 1. The Hall–Kier alpha value is -4.06. The lowest BCUT2D eigenvalue weighted by molar-refractivity contribution is -0.126. The largest absolute Gasteiger partial charge is 0.496 e. The van der Waals surface area contributed by atoms with Gasteiger partial charge in [0.15, 0.2) is 0 Å². The highest BCUT2D eigenvalue weighted by Crippen LogP contribution is 2.40. The molecule has 1 amide bonds. The van der Waals surface area contributed by atoms with Gasteiger partial charge in [-0.15, -0.1) is 0 Å². The first kappa shape index (κ1) is 23.7. The van der Waals surface area contributed by atoms with E-state index in [0.29, 0.717) is 37.6 Å². The fourth-order valence-electron chi connectivity index (χ4n) is 4.94. The smallest absolute Gasteiger partial charge is 0.246 e. The third-order valence-electron chi connectivity index (χ3n) is 6.88. The number of fused-ring (bicyclic) bond motifs is 1. The molecule has 6 heteroatoms. The maximum absolute atomic E-state index is 14.2. The molecule has 3 aromatic carbocycles. The second-order valence-electron chi connectivity index (χ2n) is 9.07. The molecule has 0 N–H and O–H groups in total. The molecule has 0 radical (unpaired) electrons. The van der Waals surface area contributed by atoms with E-state index >= 15 is 0 Å². The van der Waals surface area contributed by atoms with Gasteiger partial charge in [-0.3, -0.25) is 4.79 Å². The Bertz CT molecular complexity index is 1430. The number of nitrogens with zero attached hydrogens (tertiary/aromatic N) is 2. The highest BCUT2D eigenvalue weighted by atomic mass is 19.1. The van der Waals surface area contributed by atoms with E-state index in [1.54, 1.807) is 31.6 Å². The summed E-state index contributed by atoms with van der Waals surface area (Å²) in [5, 5.41) is 0.980. The van der Waals surface area contributed by atoms with Crippen LogP contribution in [0, 0.1) is 12.7 Å². The summed E-state index contributed by atoms with van der Waals surface area (Å²) in [6.07, 6.45) is 3.44. The van der Waals surface area contributed by atoms with Crippen molar-refractivity contribution in [1.29, 1.82) is 0 Å². The van der Waals surface area contributed by atoms with Crippen LogP contribution in [0.15, 0.2) is 77.4 Å². The van der Waals surface area contributed by atoms with Gasteiger partial charge in [-0.2, -0.15) is 0 Å². The fraction of sp³-hybridized carbons (Fsp3) is 0.233. The van der Waals surface area contributed by atoms with Crippen molar-refractivity contribution in [3.05, 3.63) is 89.9 Å². The minimum absolute atomic E-state index is 0.0593. The summed E-state index contributed by atoms with van der Waals surface area (Å²) >= 11 is 0. The summed E-state index contributed by atoms with van der Waals surface area (Å²) in [5.41, 5.74) is 6.00. The monoisotopic (exact) mass is 484 g/mol. The van der Waals surface area contributed by atoms with E-state index in [1.807, 2.05) is 54.0 Å². The van der Waals surface area contributed by atoms with E-state index in [9.17, 15) is 9.18 Å². The molecule has 0 atom stereocenters. The van der Waals surface area contributed by atoms with Gasteiger partial charge in [0.25, 0.3) is 0 Å². The van der Waals surface area contributed by atoms with Gasteiger partial charge in [0.05, 0.1) is 19.1 Å². The third-order valence-corrected chi connectivity index (χ3v) is 6.88. The van der Waals surface area contributed by atoms with Crippen LogP contribution in [0.5, 0.6) is 5.75 Å². The molecule has 1 fully saturated rings. The Morgan fingerprint density at radius 2 is 1.72 bits per heavy atom. The number of benzene rings is 3. The SMILES string of the molecule is COc1c(/C(C)=C/C(=O)N2CCN(c3ccccc3F)CC2)cc2c(-c3ccccc3)coc2c1C. The molecule has 0 bridgehead atoms. The van der Waals surface area contributed by atoms with Crippen molar-refractivity contribution in [2.45, 2.75) is 13.8 Å². The summed E-state index contributed by atoms with van der Waals surface area (Å²) in [7, 11) is 1.63. The number of allylic oxidation sites excluding steroid dienone is 1. The third kappa shape index (κ3) is 4.35. The predicted molar refractivity (Wildman–Crippen MR) is 142 cm³/mol. The number of carbonyl (C=O) groups excluding carboxylic acids is 1. The van der Waals surface area contributed by atoms with E-state index in [0.717, 1.165) is 38.8 Å². The molecular weight excluding hydrogens is 455 g/mol. The van der Waals surface area contributed by atoms with Gasteiger partial charge in [0.1, 0.15) is 17.1 Å². The molecule has 1 aromatic heterocycles. The standard InChI is InChI=1S/C30H29FN2O3/c1-20(17-28(34)33-15-13-32(14-16-33)27-12-8-7-11-26(27)31)23-18-24-25(22-9-5-4-6-10-22)19-36-30(24)21(2)29(23)35-3/h4-12,17-19H,13-16H2,1-3H3/b20-17+. The van der Waals surface area contributed by atoms with E-state index in [2.05, 4.69) is 12.1 Å². The highest BCUT2D eigenvalue weighted by molar-refractivity contribution is 6.01. The zero-order valence-corrected chi connectivity index (χ0v) is 20.8. The molecule has 2 heterocycles. The number of furan rings is 1. The van der Waals surface area contributed by atoms with Crippen molar-refractivity contribution in [2.75, 3.05) is 38.2 Å². The number of para-hydroxylation sites is 1. The minimum atomic E-state index is -0.236. The molecule has 1 aliphatic heterocycles. The van der Waals surface area contributed by atoms with E-state index in [4.69, 9.17) is 9.15 Å². The molecule has 5 rings (SSSR count). The lowest BCUT2D eigenvalue weighted by Gasteiger charge is -2.35.